The molecule has 0 saturated heterocycles. The van der Waals surface area contributed by atoms with E-state index in [-0.39, 0.29) is 11.0 Å². The van der Waals surface area contributed by atoms with Gasteiger partial charge in [-0.15, -0.1) is 0 Å². The number of rotatable bonds is 2. The molecule has 2 N–H and O–H groups in total. The van der Waals surface area contributed by atoms with E-state index in [0.29, 0.717) is 6.07 Å². The highest BCUT2D eigenvalue weighted by atomic mass is 32.2. The fraction of sp³-hybridized carbons (Fsp3) is 0. The number of hydrogen-bond donors (Lipinski definition) is 2. The maximum Gasteiger partial charge on any atom is 0.298 e. The van der Waals surface area contributed by atoms with Crippen LogP contribution in [0.3, 0.4) is 0 Å². The van der Waals surface area contributed by atoms with Crippen molar-refractivity contribution in [2.45, 2.75) is 9.79 Å². The van der Waals surface area contributed by atoms with Crippen LogP contribution in [0.15, 0.2) is 38.7 Å². The molecule has 0 atom stereocenters. The summed E-state index contributed by atoms with van der Waals surface area (Å²) in [4.78, 5) is -1.35. The first-order valence-corrected chi connectivity index (χ1v) is 7.04. The monoisotopic (exact) mass is 278 g/mol. The van der Waals surface area contributed by atoms with Crippen molar-refractivity contribution in [2.24, 2.45) is 0 Å². The van der Waals surface area contributed by atoms with Crippen LogP contribution in [0.4, 0.5) is 0 Å². The number of fused-ring (bicyclic) bond motifs is 1. The van der Waals surface area contributed by atoms with Crippen LogP contribution >= 0.6 is 0 Å². The highest BCUT2D eigenvalue weighted by Crippen LogP contribution is 2.27. The minimum absolute atomic E-state index is 0.132. The molecule has 1 aromatic heterocycles. The molecule has 0 amide bonds. The van der Waals surface area contributed by atoms with Gasteiger partial charge in [-0.05, 0) is 18.2 Å². The Morgan fingerprint density at radius 1 is 1.00 bits per heavy atom. The molecule has 0 aliphatic rings. The highest BCUT2D eigenvalue weighted by molar-refractivity contribution is 7.86. The van der Waals surface area contributed by atoms with Crippen molar-refractivity contribution < 1.29 is 30.4 Å². The maximum absolute atomic E-state index is 11.0. The molecule has 2 rings (SSSR count). The quantitative estimate of drug-likeness (QED) is 0.783. The zero-order valence-electron chi connectivity index (χ0n) is 8.06. The summed E-state index contributed by atoms with van der Waals surface area (Å²) >= 11 is 0. The fourth-order valence-electron chi connectivity index (χ4n) is 1.36. The Balaban J connectivity index is 2.96. The normalized spacial score (nSPS) is 13.1. The second-order valence-corrected chi connectivity index (χ2v) is 6.02. The van der Waals surface area contributed by atoms with E-state index in [1.54, 1.807) is 0 Å². The molecular formula is C8H6O7S2. The van der Waals surface area contributed by atoms with E-state index in [0.717, 1.165) is 12.3 Å². The molecule has 9 heteroatoms. The van der Waals surface area contributed by atoms with Crippen molar-refractivity contribution >= 4 is 31.2 Å². The summed E-state index contributed by atoms with van der Waals surface area (Å²) in [5.41, 5.74) is -0.181. The molecule has 0 aliphatic carbocycles. The minimum Gasteiger partial charge on any atom is -0.463 e. The number of hydrogen-bond acceptors (Lipinski definition) is 5. The highest BCUT2D eigenvalue weighted by Gasteiger charge is 2.22. The van der Waals surface area contributed by atoms with E-state index in [4.69, 9.17) is 13.5 Å². The molecule has 0 fully saturated rings. The summed E-state index contributed by atoms with van der Waals surface area (Å²) in [5, 5.41) is 0.132. The molecule has 2 aromatic rings. The Kier molecular flexibility index (Phi) is 2.51. The average molecular weight is 278 g/mol. The van der Waals surface area contributed by atoms with Crippen molar-refractivity contribution in [1.29, 1.82) is 0 Å². The lowest BCUT2D eigenvalue weighted by Gasteiger charge is -2.02. The van der Waals surface area contributed by atoms with Gasteiger partial charge in [-0.1, -0.05) is 0 Å². The Hall–Kier alpha value is -1.42. The first-order valence-electron chi connectivity index (χ1n) is 4.16. The van der Waals surface area contributed by atoms with Crippen LogP contribution in [-0.4, -0.2) is 25.9 Å². The van der Waals surface area contributed by atoms with Gasteiger partial charge in [-0.25, -0.2) is 0 Å². The molecule has 0 unspecified atom stereocenters. The van der Waals surface area contributed by atoms with Crippen LogP contribution in [0, 0.1) is 0 Å². The summed E-state index contributed by atoms with van der Waals surface area (Å²) < 4.78 is 66.5. The third-order valence-corrected chi connectivity index (χ3v) is 3.76. The van der Waals surface area contributed by atoms with Crippen LogP contribution in [0.5, 0.6) is 0 Å². The summed E-state index contributed by atoms with van der Waals surface area (Å²) in [7, 11) is -9.22. The van der Waals surface area contributed by atoms with Crippen LogP contribution in [0.25, 0.3) is 11.0 Å². The molecule has 92 valence electrons. The van der Waals surface area contributed by atoms with Crippen molar-refractivity contribution in [2.75, 3.05) is 0 Å². The number of furan rings is 1. The van der Waals surface area contributed by atoms with Gasteiger partial charge in [0.25, 0.3) is 20.2 Å². The van der Waals surface area contributed by atoms with Crippen molar-refractivity contribution in [1.82, 2.24) is 0 Å². The van der Waals surface area contributed by atoms with E-state index in [2.05, 4.69) is 0 Å². The van der Waals surface area contributed by atoms with Gasteiger partial charge in [0.1, 0.15) is 4.90 Å². The van der Waals surface area contributed by atoms with Crippen LogP contribution < -0.4 is 0 Å². The van der Waals surface area contributed by atoms with Gasteiger partial charge in [0.15, 0.2) is 5.58 Å². The van der Waals surface area contributed by atoms with E-state index >= 15 is 0 Å². The van der Waals surface area contributed by atoms with Gasteiger partial charge in [0.05, 0.1) is 11.2 Å². The summed E-state index contributed by atoms with van der Waals surface area (Å²) in [6.07, 6.45) is 1.13. The van der Waals surface area contributed by atoms with E-state index in [9.17, 15) is 16.8 Å². The minimum atomic E-state index is -4.65. The lowest BCUT2D eigenvalue weighted by atomic mass is 10.2. The number of benzene rings is 1. The van der Waals surface area contributed by atoms with Gasteiger partial charge in [0.2, 0.25) is 0 Å². The third-order valence-electron chi connectivity index (χ3n) is 2.07. The summed E-state index contributed by atoms with van der Waals surface area (Å²) in [6.45, 7) is 0. The third kappa shape index (κ3) is 2.17. The molecule has 1 aromatic carbocycles. The van der Waals surface area contributed by atoms with Crippen molar-refractivity contribution in [3.8, 4) is 0 Å². The summed E-state index contributed by atoms with van der Waals surface area (Å²) in [5.74, 6) is 0. The zero-order chi connectivity index (χ0) is 12.8. The molecule has 0 aliphatic heterocycles. The van der Waals surface area contributed by atoms with Gasteiger partial charge in [-0.3, -0.25) is 9.11 Å². The molecule has 1 heterocycles. The van der Waals surface area contributed by atoms with E-state index in [1.807, 2.05) is 0 Å². The maximum atomic E-state index is 11.0. The lowest BCUT2D eigenvalue weighted by molar-refractivity contribution is 0.480. The predicted octanol–water partition coefficient (Wildman–Crippen LogP) is 0.926. The standard InChI is InChI=1S/C8H6O7S2/c9-16(10,11)6-3-5-1-2-15-8(5)7(4-6)17(12,13)14/h1-4H,(H,9,10,11)(H,12,13,14). The molecule has 7 nitrogen and oxygen atoms in total. The van der Waals surface area contributed by atoms with Crippen molar-refractivity contribution in [3.63, 3.8) is 0 Å². The topological polar surface area (TPSA) is 122 Å². The molecule has 0 saturated carbocycles. The first kappa shape index (κ1) is 12.0. The van der Waals surface area contributed by atoms with Gasteiger partial charge in [-0.2, -0.15) is 16.8 Å². The molecule has 0 spiro atoms. The molecule has 17 heavy (non-hydrogen) atoms. The molecular weight excluding hydrogens is 272 g/mol. The van der Waals surface area contributed by atoms with Gasteiger partial charge >= 0.3 is 0 Å². The molecule has 0 radical (unpaired) electrons. The first-order chi connectivity index (χ1) is 7.69. The second kappa shape index (κ2) is 3.53. The Labute approximate surface area is 96.2 Å². The summed E-state index contributed by atoms with van der Waals surface area (Å²) in [6, 6.07) is 2.96. The molecule has 0 bridgehead atoms. The van der Waals surface area contributed by atoms with Gasteiger partial charge < -0.3 is 4.42 Å². The second-order valence-electron chi connectivity index (χ2n) is 3.21. The zero-order valence-corrected chi connectivity index (χ0v) is 9.69. The van der Waals surface area contributed by atoms with Crippen molar-refractivity contribution in [3.05, 3.63) is 24.5 Å². The average Bonchev–Trinajstić information content (AvgIpc) is 2.59. The largest absolute Gasteiger partial charge is 0.463 e. The SMILES string of the molecule is O=S(=O)(O)c1cc(S(=O)(=O)O)c2occc2c1. The van der Waals surface area contributed by atoms with Gasteiger partial charge in [0, 0.05) is 5.39 Å². The Morgan fingerprint density at radius 2 is 1.65 bits per heavy atom. The predicted molar refractivity (Wildman–Crippen MR) is 55.8 cm³/mol. The fourth-order valence-corrected chi connectivity index (χ4v) is 2.66. The van der Waals surface area contributed by atoms with E-state index < -0.39 is 30.0 Å². The van der Waals surface area contributed by atoms with E-state index in [1.165, 1.54) is 6.07 Å². The lowest BCUT2D eigenvalue weighted by Crippen LogP contribution is -2.03. The van der Waals surface area contributed by atoms with Crippen LogP contribution in [0.1, 0.15) is 0 Å². The van der Waals surface area contributed by atoms with Crippen LogP contribution in [-0.2, 0) is 20.2 Å². The Bertz CT molecular complexity index is 782. The Morgan fingerprint density at radius 3 is 2.18 bits per heavy atom. The van der Waals surface area contributed by atoms with Crippen LogP contribution in [0.2, 0.25) is 0 Å². The smallest absolute Gasteiger partial charge is 0.298 e.